The van der Waals surface area contributed by atoms with Crippen molar-refractivity contribution in [3.63, 3.8) is 0 Å². The average molecular weight is 315 g/mol. The lowest BCUT2D eigenvalue weighted by Crippen LogP contribution is -2.44. The van der Waals surface area contributed by atoms with Gasteiger partial charge in [-0.05, 0) is 31.0 Å². The molecule has 1 aliphatic rings. The summed E-state index contributed by atoms with van der Waals surface area (Å²) in [4.78, 5) is 13.9. The van der Waals surface area contributed by atoms with Crippen LogP contribution in [0.3, 0.4) is 0 Å². The van der Waals surface area contributed by atoms with Crippen LogP contribution in [0.1, 0.15) is 30.9 Å². The molecule has 2 N–H and O–H groups in total. The molecule has 0 spiro atoms. The number of rotatable bonds is 4. The first-order valence-electron chi connectivity index (χ1n) is 7.03. The van der Waals surface area contributed by atoms with E-state index in [0.29, 0.717) is 43.0 Å². The van der Waals surface area contributed by atoms with Crippen LogP contribution >= 0.6 is 11.6 Å². The summed E-state index contributed by atoms with van der Waals surface area (Å²) >= 11 is 5.98. The van der Waals surface area contributed by atoms with Gasteiger partial charge in [-0.2, -0.15) is 0 Å². The third-order valence-electron chi connectivity index (χ3n) is 3.80. The van der Waals surface area contributed by atoms with Crippen molar-refractivity contribution in [1.82, 2.24) is 4.90 Å². The smallest absolute Gasteiger partial charge is 0.223 e. The first-order chi connectivity index (χ1) is 10.0. The number of amides is 1. The number of nitrogens with two attached hydrogens (primary N) is 1. The zero-order valence-corrected chi connectivity index (χ0v) is 12.8. The maximum Gasteiger partial charge on any atom is 0.223 e. The molecule has 116 valence electrons. The number of carbonyl (C=O) groups is 1. The fourth-order valence-corrected chi connectivity index (χ4v) is 2.95. The van der Waals surface area contributed by atoms with E-state index in [4.69, 9.17) is 22.1 Å². The van der Waals surface area contributed by atoms with Crippen molar-refractivity contribution in [3.05, 3.63) is 34.6 Å². The summed E-state index contributed by atoms with van der Waals surface area (Å²) in [6.07, 6.45) is 1.81. The van der Waals surface area contributed by atoms with Gasteiger partial charge < -0.3 is 15.4 Å². The molecule has 0 bridgehead atoms. The zero-order chi connectivity index (χ0) is 15.4. The molecule has 1 aromatic rings. The second-order valence-corrected chi connectivity index (χ2v) is 5.68. The van der Waals surface area contributed by atoms with Crippen molar-refractivity contribution >= 4 is 17.5 Å². The minimum absolute atomic E-state index is 0.0237. The third-order valence-corrected chi connectivity index (χ3v) is 4.04. The molecule has 4 nitrogen and oxygen atoms in total. The average Bonchev–Trinajstić information content (AvgIpc) is 2.58. The quantitative estimate of drug-likeness (QED) is 0.929. The van der Waals surface area contributed by atoms with Gasteiger partial charge in [-0.15, -0.1) is 0 Å². The van der Waals surface area contributed by atoms with Gasteiger partial charge >= 0.3 is 0 Å². The van der Waals surface area contributed by atoms with E-state index in [1.54, 1.807) is 18.1 Å². The molecule has 2 unspecified atom stereocenters. The van der Waals surface area contributed by atoms with Crippen LogP contribution in [0.5, 0.6) is 0 Å². The van der Waals surface area contributed by atoms with E-state index in [0.717, 1.165) is 0 Å². The summed E-state index contributed by atoms with van der Waals surface area (Å²) in [6, 6.07) is 3.54. The normalized spacial score (nSPS) is 23.2. The lowest BCUT2D eigenvalue weighted by atomic mass is 9.96. The van der Waals surface area contributed by atoms with Crippen molar-refractivity contribution < 1.29 is 13.9 Å². The maximum atomic E-state index is 14.2. The highest BCUT2D eigenvalue weighted by Gasteiger charge is 2.34. The number of ether oxygens (including phenoxy) is 1. The van der Waals surface area contributed by atoms with Crippen LogP contribution in [0.15, 0.2) is 18.2 Å². The third kappa shape index (κ3) is 3.73. The molecular weight excluding hydrogens is 295 g/mol. The SMILES string of the molecule is COCCN1C(=O)CCCC(N)C1c1cc(Cl)ccc1F. The van der Waals surface area contributed by atoms with E-state index in [1.807, 2.05) is 0 Å². The van der Waals surface area contributed by atoms with Gasteiger partial charge in [0.05, 0.1) is 12.6 Å². The molecule has 21 heavy (non-hydrogen) atoms. The Morgan fingerprint density at radius 3 is 3.00 bits per heavy atom. The molecule has 1 heterocycles. The number of halogens is 2. The van der Waals surface area contributed by atoms with E-state index in [2.05, 4.69) is 0 Å². The van der Waals surface area contributed by atoms with E-state index in [1.165, 1.54) is 12.1 Å². The number of hydrogen-bond acceptors (Lipinski definition) is 3. The second-order valence-electron chi connectivity index (χ2n) is 5.25. The highest BCUT2D eigenvalue weighted by Crippen LogP contribution is 2.32. The molecule has 2 atom stereocenters. The predicted molar refractivity (Wildman–Crippen MR) is 79.6 cm³/mol. The Balaban J connectivity index is 2.41. The van der Waals surface area contributed by atoms with Crippen molar-refractivity contribution in [3.8, 4) is 0 Å². The van der Waals surface area contributed by atoms with E-state index >= 15 is 0 Å². The summed E-state index contributed by atoms with van der Waals surface area (Å²) in [5.74, 6) is -0.415. The van der Waals surface area contributed by atoms with Crippen molar-refractivity contribution in [2.75, 3.05) is 20.3 Å². The molecule has 0 aliphatic carbocycles. The Kier molecular flexibility index (Phi) is 5.56. The molecule has 1 fully saturated rings. The first-order valence-corrected chi connectivity index (χ1v) is 7.41. The molecule has 0 aromatic heterocycles. The van der Waals surface area contributed by atoms with Gasteiger partial charge in [0.2, 0.25) is 5.91 Å². The molecule has 6 heteroatoms. The Hall–Kier alpha value is -1.17. The summed E-state index contributed by atoms with van der Waals surface area (Å²) in [7, 11) is 1.57. The fraction of sp³-hybridized carbons (Fsp3) is 0.533. The lowest BCUT2D eigenvalue weighted by molar-refractivity contribution is -0.134. The fourth-order valence-electron chi connectivity index (χ4n) is 2.77. The van der Waals surface area contributed by atoms with Gasteiger partial charge in [0.15, 0.2) is 0 Å². The Morgan fingerprint density at radius 1 is 1.52 bits per heavy atom. The van der Waals surface area contributed by atoms with Gasteiger partial charge in [-0.3, -0.25) is 4.79 Å². The summed E-state index contributed by atoms with van der Waals surface area (Å²) in [5.41, 5.74) is 6.59. The van der Waals surface area contributed by atoms with Gasteiger partial charge in [-0.1, -0.05) is 11.6 Å². The van der Waals surface area contributed by atoms with Crippen molar-refractivity contribution in [1.29, 1.82) is 0 Å². The number of nitrogens with zero attached hydrogens (tertiary/aromatic N) is 1. The maximum absolute atomic E-state index is 14.2. The molecule has 1 aromatic carbocycles. The molecule has 1 amide bonds. The van der Waals surface area contributed by atoms with Crippen molar-refractivity contribution in [2.45, 2.75) is 31.3 Å². The summed E-state index contributed by atoms with van der Waals surface area (Å²) < 4.78 is 19.3. The highest BCUT2D eigenvalue weighted by atomic mass is 35.5. The van der Waals surface area contributed by atoms with Crippen LogP contribution in [0.4, 0.5) is 4.39 Å². The first kappa shape index (κ1) is 16.2. The number of benzene rings is 1. The predicted octanol–water partition coefficient (Wildman–Crippen LogP) is 2.51. The lowest BCUT2D eigenvalue weighted by Gasteiger charge is -2.34. The second kappa shape index (κ2) is 7.20. The largest absolute Gasteiger partial charge is 0.383 e. The molecule has 1 aliphatic heterocycles. The zero-order valence-electron chi connectivity index (χ0n) is 12.0. The molecule has 0 radical (unpaired) electrons. The summed E-state index contributed by atoms with van der Waals surface area (Å²) in [5, 5.41) is 0.432. The number of likely N-dealkylation sites (tertiary alicyclic amines) is 1. The Labute approximate surface area is 129 Å². The minimum atomic E-state index is -0.506. The standard InChI is InChI=1S/C15H20ClFN2O2/c1-21-8-7-19-14(20)4-2-3-13(18)15(19)11-9-10(16)5-6-12(11)17/h5-6,9,13,15H,2-4,7-8,18H2,1H3. The van der Waals surface area contributed by atoms with Crippen LogP contribution in [-0.2, 0) is 9.53 Å². The van der Waals surface area contributed by atoms with E-state index < -0.39 is 11.9 Å². The van der Waals surface area contributed by atoms with Crippen LogP contribution in [-0.4, -0.2) is 37.1 Å². The van der Waals surface area contributed by atoms with Crippen LogP contribution in [0, 0.1) is 5.82 Å². The number of carbonyl (C=O) groups excluding carboxylic acids is 1. The molecule has 2 rings (SSSR count). The Bertz CT molecular complexity index is 512. The van der Waals surface area contributed by atoms with Crippen molar-refractivity contribution in [2.24, 2.45) is 5.73 Å². The van der Waals surface area contributed by atoms with Gasteiger partial charge in [-0.25, -0.2) is 4.39 Å². The molecule has 0 saturated carbocycles. The highest BCUT2D eigenvalue weighted by molar-refractivity contribution is 6.30. The summed E-state index contributed by atoms with van der Waals surface area (Å²) in [6.45, 7) is 0.775. The van der Waals surface area contributed by atoms with Crippen LogP contribution in [0.2, 0.25) is 5.02 Å². The van der Waals surface area contributed by atoms with Crippen LogP contribution in [0.25, 0.3) is 0 Å². The van der Waals surface area contributed by atoms with E-state index in [-0.39, 0.29) is 11.9 Å². The molecular formula is C15H20ClFN2O2. The van der Waals surface area contributed by atoms with Gasteiger partial charge in [0.25, 0.3) is 0 Å². The Morgan fingerprint density at radius 2 is 2.29 bits per heavy atom. The number of hydrogen-bond donors (Lipinski definition) is 1. The van der Waals surface area contributed by atoms with Gasteiger partial charge in [0, 0.05) is 36.7 Å². The van der Waals surface area contributed by atoms with Gasteiger partial charge in [0.1, 0.15) is 5.82 Å². The van der Waals surface area contributed by atoms with E-state index in [9.17, 15) is 9.18 Å². The minimum Gasteiger partial charge on any atom is -0.383 e. The monoisotopic (exact) mass is 314 g/mol. The number of methoxy groups -OCH3 is 1. The molecule has 1 saturated heterocycles. The van der Waals surface area contributed by atoms with Crippen LogP contribution < -0.4 is 5.73 Å². The topological polar surface area (TPSA) is 55.6 Å².